The number of hydrogen-bond donors (Lipinski definition) is 1. The van der Waals surface area contributed by atoms with E-state index in [2.05, 4.69) is 0 Å². The number of aliphatic hydroxyl groups is 1. The molecule has 178 valence electrons. The Hall–Kier alpha value is -3.33. The second-order valence-corrected chi connectivity index (χ2v) is 7.83. The SMILES string of the molecule is CC(=O)O[C@H](C(=O)C=CC(=O)CCCCO)[C@H](C)C(=O)N1C(=O)OC[C@@H]1Cc1ccccc1. The van der Waals surface area contributed by atoms with Crippen LogP contribution in [-0.4, -0.2) is 64.9 Å². The van der Waals surface area contributed by atoms with Crippen molar-refractivity contribution < 1.29 is 38.6 Å². The van der Waals surface area contributed by atoms with Gasteiger partial charge < -0.3 is 14.6 Å². The summed E-state index contributed by atoms with van der Waals surface area (Å²) in [4.78, 5) is 62.6. The van der Waals surface area contributed by atoms with Gasteiger partial charge in [0.1, 0.15) is 6.61 Å². The van der Waals surface area contributed by atoms with E-state index in [0.29, 0.717) is 19.3 Å². The topological polar surface area (TPSA) is 127 Å². The molecular weight excluding hydrogens is 430 g/mol. The van der Waals surface area contributed by atoms with Gasteiger partial charge in [0.15, 0.2) is 17.7 Å². The van der Waals surface area contributed by atoms with Crippen molar-refractivity contribution in [3.05, 3.63) is 48.0 Å². The minimum Gasteiger partial charge on any atom is -0.453 e. The van der Waals surface area contributed by atoms with Crippen LogP contribution in [0.25, 0.3) is 0 Å². The minimum atomic E-state index is -1.50. The van der Waals surface area contributed by atoms with Crippen LogP contribution in [0.15, 0.2) is 42.5 Å². The first-order valence-corrected chi connectivity index (χ1v) is 10.8. The number of aliphatic hydroxyl groups excluding tert-OH is 1. The molecule has 2 rings (SSSR count). The molecule has 1 aromatic carbocycles. The van der Waals surface area contributed by atoms with Gasteiger partial charge in [-0.1, -0.05) is 30.3 Å². The molecule has 1 fully saturated rings. The van der Waals surface area contributed by atoms with Gasteiger partial charge in [0.2, 0.25) is 5.91 Å². The van der Waals surface area contributed by atoms with Gasteiger partial charge in [-0.25, -0.2) is 9.69 Å². The standard InChI is InChI=1S/C24H29NO8/c1-16(22(33-17(2)27)21(29)12-11-20(28)10-6-7-13-26)23(30)25-19(15-32-24(25)31)14-18-8-4-3-5-9-18/h3-5,8-9,11-12,16,19,22,26H,6-7,10,13-15H2,1-2H3/t16-,19-,22-/m0/s1. The van der Waals surface area contributed by atoms with E-state index in [1.807, 2.05) is 30.3 Å². The molecule has 0 saturated carbocycles. The van der Waals surface area contributed by atoms with Gasteiger partial charge in [-0.05, 0) is 43.9 Å². The number of amides is 2. The minimum absolute atomic E-state index is 0.0145. The highest BCUT2D eigenvalue weighted by Gasteiger charge is 2.43. The highest BCUT2D eigenvalue weighted by atomic mass is 16.6. The van der Waals surface area contributed by atoms with Crippen molar-refractivity contribution in [3.8, 4) is 0 Å². The molecule has 1 aliphatic rings. The lowest BCUT2D eigenvalue weighted by atomic mass is 9.97. The van der Waals surface area contributed by atoms with Crippen LogP contribution in [0.1, 0.15) is 38.7 Å². The summed E-state index contributed by atoms with van der Waals surface area (Å²) in [5.41, 5.74) is 0.904. The Morgan fingerprint density at radius 2 is 1.88 bits per heavy atom. The number of unbranched alkanes of at least 4 members (excludes halogenated alkanes) is 1. The number of allylic oxidation sites excluding steroid dienone is 1. The maximum atomic E-state index is 13.2. The Labute approximate surface area is 192 Å². The average Bonchev–Trinajstić information content (AvgIpc) is 3.15. The fraction of sp³-hybridized carbons (Fsp3) is 0.458. The molecule has 0 radical (unpaired) electrons. The third kappa shape index (κ3) is 7.64. The Balaban J connectivity index is 2.14. The van der Waals surface area contributed by atoms with Crippen LogP contribution in [0.4, 0.5) is 4.79 Å². The van der Waals surface area contributed by atoms with Gasteiger partial charge in [0, 0.05) is 20.0 Å². The fourth-order valence-corrected chi connectivity index (χ4v) is 3.47. The van der Waals surface area contributed by atoms with E-state index in [0.717, 1.165) is 29.5 Å². The predicted molar refractivity (Wildman–Crippen MR) is 117 cm³/mol. The van der Waals surface area contributed by atoms with Crippen LogP contribution < -0.4 is 0 Å². The molecule has 33 heavy (non-hydrogen) atoms. The van der Waals surface area contributed by atoms with Gasteiger partial charge in [-0.15, -0.1) is 0 Å². The summed E-state index contributed by atoms with van der Waals surface area (Å²) >= 11 is 0. The summed E-state index contributed by atoms with van der Waals surface area (Å²) in [6.45, 7) is 2.47. The summed E-state index contributed by atoms with van der Waals surface area (Å²) in [6.07, 6.45) is 1.18. The van der Waals surface area contributed by atoms with Crippen LogP contribution in [0.3, 0.4) is 0 Å². The maximum Gasteiger partial charge on any atom is 0.416 e. The van der Waals surface area contributed by atoms with Gasteiger partial charge in [-0.3, -0.25) is 19.2 Å². The van der Waals surface area contributed by atoms with Crippen LogP contribution in [-0.2, 0) is 35.1 Å². The van der Waals surface area contributed by atoms with E-state index in [9.17, 15) is 24.0 Å². The lowest BCUT2D eigenvalue weighted by Crippen LogP contribution is -2.48. The first-order valence-electron chi connectivity index (χ1n) is 10.8. The molecule has 1 heterocycles. The molecule has 2 amide bonds. The predicted octanol–water partition coefficient (Wildman–Crippen LogP) is 2.00. The lowest BCUT2D eigenvalue weighted by molar-refractivity contribution is -0.158. The van der Waals surface area contributed by atoms with E-state index < -0.39 is 41.8 Å². The van der Waals surface area contributed by atoms with Crippen molar-refractivity contribution in [2.75, 3.05) is 13.2 Å². The summed E-state index contributed by atoms with van der Waals surface area (Å²) < 4.78 is 10.2. The molecule has 3 atom stereocenters. The average molecular weight is 459 g/mol. The van der Waals surface area contributed by atoms with E-state index in [1.54, 1.807) is 0 Å². The fourth-order valence-electron chi connectivity index (χ4n) is 3.47. The van der Waals surface area contributed by atoms with Gasteiger partial charge >= 0.3 is 12.1 Å². The molecule has 1 N–H and O–H groups in total. The second kappa shape index (κ2) is 12.6. The zero-order chi connectivity index (χ0) is 24.4. The molecule has 0 aliphatic carbocycles. The number of esters is 1. The number of nitrogens with zero attached hydrogens (tertiary/aromatic N) is 1. The van der Waals surface area contributed by atoms with E-state index in [-0.39, 0.29) is 25.4 Å². The van der Waals surface area contributed by atoms with Crippen molar-refractivity contribution in [2.45, 2.75) is 51.7 Å². The molecule has 0 spiro atoms. The Bertz CT molecular complexity index is 895. The number of ether oxygens (including phenoxy) is 2. The molecular formula is C24H29NO8. The number of hydrogen-bond acceptors (Lipinski definition) is 8. The first kappa shape index (κ1) is 25.9. The number of imide groups is 1. The summed E-state index contributed by atoms with van der Waals surface area (Å²) in [6, 6.07) is 8.70. The van der Waals surface area contributed by atoms with Crippen LogP contribution in [0.5, 0.6) is 0 Å². The highest BCUT2D eigenvalue weighted by molar-refractivity contribution is 6.04. The number of rotatable bonds is 12. The molecule has 0 aromatic heterocycles. The van der Waals surface area contributed by atoms with Gasteiger partial charge in [-0.2, -0.15) is 0 Å². The van der Waals surface area contributed by atoms with Crippen molar-refractivity contribution in [3.63, 3.8) is 0 Å². The molecule has 9 nitrogen and oxygen atoms in total. The van der Waals surface area contributed by atoms with Crippen molar-refractivity contribution in [1.82, 2.24) is 4.90 Å². The smallest absolute Gasteiger partial charge is 0.416 e. The van der Waals surface area contributed by atoms with Crippen molar-refractivity contribution in [1.29, 1.82) is 0 Å². The second-order valence-electron chi connectivity index (χ2n) is 7.83. The number of cyclic esters (lactones) is 1. The van der Waals surface area contributed by atoms with E-state index in [1.165, 1.54) is 6.92 Å². The van der Waals surface area contributed by atoms with E-state index in [4.69, 9.17) is 14.6 Å². The first-order chi connectivity index (χ1) is 15.7. The van der Waals surface area contributed by atoms with Crippen molar-refractivity contribution >= 4 is 29.5 Å². The molecule has 1 aromatic rings. The third-order valence-corrected chi connectivity index (χ3v) is 5.19. The summed E-state index contributed by atoms with van der Waals surface area (Å²) in [7, 11) is 0. The molecule has 0 unspecified atom stereocenters. The quantitative estimate of drug-likeness (QED) is 0.286. The van der Waals surface area contributed by atoms with Crippen LogP contribution in [0, 0.1) is 5.92 Å². The van der Waals surface area contributed by atoms with Crippen molar-refractivity contribution in [2.24, 2.45) is 5.92 Å². The largest absolute Gasteiger partial charge is 0.453 e. The number of carbonyl (C=O) groups excluding carboxylic acids is 5. The lowest BCUT2D eigenvalue weighted by Gasteiger charge is -2.26. The molecule has 1 saturated heterocycles. The summed E-state index contributed by atoms with van der Waals surface area (Å²) in [5.74, 6) is -3.74. The Morgan fingerprint density at radius 1 is 1.18 bits per heavy atom. The van der Waals surface area contributed by atoms with E-state index >= 15 is 0 Å². The molecule has 0 bridgehead atoms. The van der Waals surface area contributed by atoms with Crippen LogP contribution >= 0.6 is 0 Å². The number of carbonyl (C=O) groups is 5. The van der Waals surface area contributed by atoms with Gasteiger partial charge in [0.05, 0.1) is 12.0 Å². The highest BCUT2D eigenvalue weighted by Crippen LogP contribution is 2.23. The number of benzene rings is 1. The zero-order valence-corrected chi connectivity index (χ0v) is 18.8. The Morgan fingerprint density at radius 3 is 2.52 bits per heavy atom. The monoisotopic (exact) mass is 459 g/mol. The van der Waals surface area contributed by atoms with Gasteiger partial charge in [0.25, 0.3) is 0 Å². The third-order valence-electron chi connectivity index (χ3n) is 5.19. The summed E-state index contributed by atoms with van der Waals surface area (Å²) in [5, 5.41) is 8.78. The van der Waals surface area contributed by atoms with Crippen LogP contribution in [0.2, 0.25) is 0 Å². The Kier molecular flexibility index (Phi) is 9.93. The maximum absolute atomic E-state index is 13.2. The molecule has 1 aliphatic heterocycles. The zero-order valence-electron chi connectivity index (χ0n) is 18.8. The normalized spacial score (nSPS) is 17.5. The number of ketones is 2. The molecule has 9 heteroatoms.